The highest BCUT2D eigenvalue weighted by Crippen LogP contribution is 2.23. The van der Waals surface area contributed by atoms with E-state index in [1.807, 2.05) is 0 Å². The summed E-state index contributed by atoms with van der Waals surface area (Å²) in [4.78, 5) is 23.8. The van der Waals surface area contributed by atoms with E-state index in [1.54, 1.807) is 12.1 Å². The second-order valence-electron chi connectivity index (χ2n) is 4.64. The van der Waals surface area contributed by atoms with Gasteiger partial charge in [-0.3, -0.25) is 9.59 Å². The van der Waals surface area contributed by atoms with Gasteiger partial charge in [0.2, 0.25) is 0 Å². The molecule has 1 aromatic carbocycles. The molecule has 0 fully saturated rings. The number of aryl methyl sites for hydroxylation is 1. The molecule has 0 spiro atoms. The Morgan fingerprint density at radius 2 is 1.86 bits per heavy atom. The summed E-state index contributed by atoms with van der Waals surface area (Å²) in [6, 6.07) is 6.06. The number of alkyl halides is 3. The maximum absolute atomic E-state index is 12.3. The summed E-state index contributed by atoms with van der Waals surface area (Å²) in [6.45, 7) is 0.00176. The fourth-order valence-corrected chi connectivity index (χ4v) is 1.79. The molecule has 1 aromatic rings. The van der Waals surface area contributed by atoms with Gasteiger partial charge in [-0.15, -0.1) is 0 Å². The number of halogens is 3. The minimum atomic E-state index is -4.29. The molecule has 7 heteroatoms. The molecule has 0 heterocycles. The van der Waals surface area contributed by atoms with Crippen LogP contribution in [0.5, 0.6) is 0 Å². The van der Waals surface area contributed by atoms with Gasteiger partial charge in [-0.2, -0.15) is 13.2 Å². The molecular weight excluding hydrogens is 287 g/mol. The summed E-state index contributed by atoms with van der Waals surface area (Å²) >= 11 is 0. The van der Waals surface area contributed by atoms with Crippen LogP contribution in [-0.4, -0.2) is 41.7 Å². The summed E-state index contributed by atoms with van der Waals surface area (Å²) in [6.07, 6.45) is -5.79. The molecule has 0 radical (unpaired) electrons. The van der Waals surface area contributed by atoms with Gasteiger partial charge >= 0.3 is 12.1 Å². The van der Waals surface area contributed by atoms with Crippen molar-refractivity contribution in [1.82, 2.24) is 4.90 Å². The van der Waals surface area contributed by atoms with Crippen LogP contribution in [-0.2, 0) is 11.2 Å². The van der Waals surface area contributed by atoms with E-state index in [9.17, 15) is 22.8 Å². The second kappa shape index (κ2) is 7.10. The molecule has 0 aliphatic carbocycles. The first kappa shape index (κ1) is 17.0. The number of benzene rings is 1. The van der Waals surface area contributed by atoms with E-state index in [0.29, 0.717) is 5.56 Å². The van der Waals surface area contributed by atoms with Crippen molar-refractivity contribution in [3.05, 3.63) is 35.4 Å². The van der Waals surface area contributed by atoms with Crippen LogP contribution in [0.1, 0.15) is 28.8 Å². The maximum atomic E-state index is 12.3. The van der Waals surface area contributed by atoms with Crippen molar-refractivity contribution in [2.75, 3.05) is 13.6 Å². The lowest BCUT2D eigenvalue weighted by molar-refractivity contribution is -0.137. The van der Waals surface area contributed by atoms with Crippen molar-refractivity contribution < 1.29 is 27.9 Å². The van der Waals surface area contributed by atoms with Crippen LogP contribution in [0.15, 0.2) is 24.3 Å². The summed E-state index contributed by atoms with van der Waals surface area (Å²) in [5, 5.41) is 8.58. The molecule has 1 amide bonds. The van der Waals surface area contributed by atoms with E-state index in [1.165, 1.54) is 24.1 Å². The lowest BCUT2D eigenvalue weighted by Crippen LogP contribution is -2.30. The topological polar surface area (TPSA) is 57.6 Å². The van der Waals surface area contributed by atoms with Gasteiger partial charge in [-0.05, 0) is 18.1 Å². The van der Waals surface area contributed by atoms with Crippen molar-refractivity contribution >= 4 is 11.9 Å². The van der Waals surface area contributed by atoms with E-state index >= 15 is 0 Å². The lowest BCUT2D eigenvalue weighted by Gasteiger charge is -2.18. The highest BCUT2D eigenvalue weighted by atomic mass is 19.4. The van der Waals surface area contributed by atoms with E-state index in [0.717, 1.165) is 0 Å². The minimum Gasteiger partial charge on any atom is -0.481 e. The molecule has 1 N–H and O–H groups in total. The van der Waals surface area contributed by atoms with Gasteiger partial charge < -0.3 is 10.0 Å². The van der Waals surface area contributed by atoms with Gasteiger partial charge in [-0.1, -0.05) is 18.2 Å². The van der Waals surface area contributed by atoms with Gasteiger partial charge in [0.1, 0.15) is 0 Å². The predicted molar refractivity (Wildman–Crippen MR) is 70.0 cm³/mol. The summed E-state index contributed by atoms with van der Waals surface area (Å²) in [5.41, 5.74) is 0.483. The monoisotopic (exact) mass is 303 g/mol. The maximum Gasteiger partial charge on any atom is 0.389 e. The first-order chi connectivity index (χ1) is 9.70. The lowest BCUT2D eigenvalue weighted by atomic mass is 10.0. The van der Waals surface area contributed by atoms with Gasteiger partial charge in [0.15, 0.2) is 0 Å². The van der Waals surface area contributed by atoms with Crippen molar-refractivity contribution in [1.29, 1.82) is 0 Å². The average Bonchev–Trinajstić information content (AvgIpc) is 2.41. The molecule has 4 nitrogen and oxygen atoms in total. The van der Waals surface area contributed by atoms with Crippen molar-refractivity contribution in [2.24, 2.45) is 0 Å². The molecular formula is C14H16F3NO3. The summed E-state index contributed by atoms with van der Waals surface area (Å²) in [7, 11) is 1.42. The molecule has 0 saturated carbocycles. The van der Waals surface area contributed by atoms with Crippen LogP contribution in [0, 0.1) is 0 Å². The van der Waals surface area contributed by atoms with Crippen LogP contribution in [0.25, 0.3) is 0 Å². The number of carboxylic acid groups (broad SMARTS) is 1. The predicted octanol–water partition coefficient (Wildman–Crippen LogP) is 2.73. The zero-order valence-corrected chi connectivity index (χ0v) is 11.5. The molecule has 0 aliphatic rings. The number of aliphatic carboxylic acids is 1. The SMILES string of the molecule is CN(CCC(=O)O)C(=O)c1ccccc1CCC(F)(F)F. The summed E-state index contributed by atoms with van der Waals surface area (Å²) in [5.74, 6) is -1.52. The smallest absolute Gasteiger partial charge is 0.389 e. The highest BCUT2D eigenvalue weighted by molar-refractivity contribution is 5.95. The Balaban J connectivity index is 2.81. The number of rotatable bonds is 6. The number of carbonyl (C=O) groups excluding carboxylic acids is 1. The second-order valence-corrected chi connectivity index (χ2v) is 4.64. The number of amides is 1. The number of hydrogen-bond acceptors (Lipinski definition) is 2. The Labute approximate surface area is 120 Å². The van der Waals surface area contributed by atoms with Crippen molar-refractivity contribution in [2.45, 2.75) is 25.4 Å². The van der Waals surface area contributed by atoms with E-state index in [-0.39, 0.29) is 24.9 Å². The van der Waals surface area contributed by atoms with Crippen LogP contribution in [0.4, 0.5) is 13.2 Å². The molecule has 0 aliphatic heterocycles. The van der Waals surface area contributed by atoms with Gasteiger partial charge in [0.05, 0.1) is 6.42 Å². The van der Waals surface area contributed by atoms with Crippen LogP contribution < -0.4 is 0 Å². The summed E-state index contributed by atoms with van der Waals surface area (Å²) < 4.78 is 36.8. The Kier molecular flexibility index (Phi) is 5.75. The third-order valence-corrected chi connectivity index (χ3v) is 2.93. The van der Waals surface area contributed by atoms with Crippen molar-refractivity contribution in [3.63, 3.8) is 0 Å². The molecule has 0 atom stereocenters. The molecule has 0 aromatic heterocycles. The largest absolute Gasteiger partial charge is 0.481 e. The standard InChI is InChI=1S/C14H16F3NO3/c1-18(9-7-12(19)20)13(21)11-5-3-2-4-10(11)6-8-14(15,16)17/h2-5H,6-9H2,1H3,(H,19,20). The third kappa shape index (κ3) is 5.85. The zero-order chi connectivity index (χ0) is 16.0. The quantitative estimate of drug-likeness (QED) is 0.879. The van der Waals surface area contributed by atoms with Crippen LogP contribution >= 0.6 is 0 Å². The normalized spacial score (nSPS) is 11.2. The fourth-order valence-electron chi connectivity index (χ4n) is 1.79. The van der Waals surface area contributed by atoms with Crippen molar-refractivity contribution in [3.8, 4) is 0 Å². The molecule has 0 unspecified atom stereocenters. The number of nitrogens with zero attached hydrogens (tertiary/aromatic N) is 1. The Bertz CT molecular complexity index is 514. The molecule has 0 saturated heterocycles. The molecule has 0 bridgehead atoms. The molecule has 21 heavy (non-hydrogen) atoms. The first-order valence-electron chi connectivity index (χ1n) is 6.32. The Hall–Kier alpha value is -2.05. The third-order valence-electron chi connectivity index (χ3n) is 2.93. The fraction of sp³-hybridized carbons (Fsp3) is 0.429. The average molecular weight is 303 g/mol. The van der Waals surface area contributed by atoms with E-state index in [4.69, 9.17) is 5.11 Å². The molecule has 116 valence electrons. The Morgan fingerprint density at radius 1 is 1.24 bits per heavy atom. The zero-order valence-electron chi connectivity index (χ0n) is 11.5. The number of carboxylic acids is 1. The Morgan fingerprint density at radius 3 is 2.43 bits per heavy atom. The highest BCUT2D eigenvalue weighted by Gasteiger charge is 2.27. The van der Waals surface area contributed by atoms with E-state index < -0.39 is 24.5 Å². The van der Waals surface area contributed by atoms with Crippen LogP contribution in [0.3, 0.4) is 0 Å². The first-order valence-corrected chi connectivity index (χ1v) is 6.32. The van der Waals surface area contributed by atoms with Gasteiger partial charge in [-0.25, -0.2) is 0 Å². The minimum absolute atomic E-state index is 0.00176. The van der Waals surface area contributed by atoms with Crippen LogP contribution in [0.2, 0.25) is 0 Å². The van der Waals surface area contributed by atoms with Gasteiger partial charge in [0.25, 0.3) is 5.91 Å². The van der Waals surface area contributed by atoms with E-state index in [2.05, 4.69) is 0 Å². The number of carbonyl (C=O) groups is 2. The molecule has 1 rings (SSSR count). The van der Waals surface area contributed by atoms with Gasteiger partial charge in [0, 0.05) is 25.6 Å². The number of hydrogen-bond donors (Lipinski definition) is 1.